The van der Waals surface area contributed by atoms with Gasteiger partial charge in [0.05, 0.1) is 0 Å². The van der Waals surface area contributed by atoms with Crippen LogP contribution in [-0.4, -0.2) is 9.97 Å². The molecule has 0 aliphatic heterocycles. The summed E-state index contributed by atoms with van der Waals surface area (Å²) in [6.07, 6.45) is 1.58. The summed E-state index contributed by atoms with van der Waals surface area (Å²) in [6, 6.07) is 8.04. The number of anilines is 1. The van der Waals surface area contributed by atoms with Crippen LogP contribution in [0.1, 0.15) is 31.9 Å². The molecule has 100 valence electrons. The average molecular weight is 257 g/mol. The van der Waals surface area contributed by atoms with E-state index >= 15 is 0 Å². The lowest BCUT2D eigenvalue weighted by molar-refractivity contribution is 0.439. The van der Waals surface area contributed by atoms with Gasteiger partial charge in [-0.15, -0.1) is 0 Å². The minimum Gasteiger partial charge on any atom is -0.424 e. The summed E-state index contributed by atoms with van der Waals surface area (Å²) in [5.41, 5.74) is 8.05. The molecule has 0 bridgehead atoms. The van der Waals surface area contributed by atoms with E-state index in [2.05, 4.69) is 42.9 Å². The lowest BCUT2D eigenvalue weighted by Gasteiger charge is -2.20. The Balaban J connectivity index is 2.27. The van der Waals surface area contributed by atoms with Crippen LogP contribution in [0, 0.1) is 6.92 Å². The van der Waals surface area contributed by atoms with Crippen LogP contribution >= 0.6 is 0 Å². The summed E-state index contributed by atoms with van der Waals surface area (Å²) in [5, 5.41) is 0. The molecule has 0 radical (unpaired) electrons. The number of nitrogens with two attached hydrogens (primary N) is 1. The topological polar surface area (TPSA) is 61.0 Å². The normalized spacial score (nSPS) is 11.4. The van der Waals surface area contributed by atoms with Gasteiger partial charge in [0, 0.05) is 6.20 Å². The van der Waals surface area contributed by atoms with Crippen LogP contribution in [0.15, 0.2) is 30.5 Å². The van der Waals surface area contributed by atoms with Gasteiger partial charge >= 0.3 is 6.01 Å². The maximum atomic E-state index is 5.66. The van der Waals surface area contributed by atoms with Crippen molar-refractivity contribution in [2.24, 2.45) is 0 Å². The van der Waals surface area contributed by atoms with Gasteiger partial charge in [0.1, 0.15) is 11.6 Å². The Kier molecular flexibility index (Phi) is 3.42. The minimum absolute atomic E-state index is 0.122. The molecule has 1 aromatic heterocycles. The number of hydrogen-bond acceptors (Lipinski definition) is 4. The van der Waals surface area contributed by atoms with Gasteiger partial charge in [-0.2, -0.15) is 4.98 Å². The molecule has 0 saturated carbocycles. The molecule has 4 heteroatoms. The predicted molar refractivity (Wildman–Crippen MR) is 76.4 cm³/mol. The summed E-state index contributed by atoms with van der Waals surface area (Å²) >= 11 is 0. The maximum Gasteiger partial charge on any atom is 0.323 e. The lowest BCUT2D eigenvalue weighted by atomic mass is 9.86. The van der Waals surface area contributed by atoms with Crippen LogP contribution in [0.2, 0.25) is 0 Å². The minimum atomic E-state index is 0.122. The first-order chi connectivity index (χ1) is 8.86. The van der Waals surface area contributed by atoms with E-state index in [1.165, 1.54) is 5.56 Å². The highest BCUT2D eigenvalue weighted by Gasteiger charge is 2.15. The molecule has 0 atom stereocenters. The van der Waals surface area contributed by atoms with E-state index in [0.717, 1.165) is 11.3 Å². The fraction of sp³-hybridized carbons (Fsp3) is 0.333. The number of ether oxygens (including phenoxy) is 1. The van der Waals surface area contributed by atoms with Gasteiger partial charge in [0.25, 0.3) is 0 Å². The third-order valence-electron chi connectivity index (χ3n) is 2.90. The van der Waals surface area contributed by atoms with Gasteiger partial charge in [-0.3, -0.25) is 0 Å². The van der Waals surface area contributed by atoms with Crippen molar-refractivity contribution in [2.45, 2.75) is 33.1 Å². The largest absolute Gasteiger partial charge is 0.424 e. The first-order valence-electron chi connectivity index (χ1n) is 6.24. The van der Waals surface area contributed by atoms with Crippen molar-refractivity contribution in [3.63, 3.8) is 0 Å². The van der Waals surface area contributed by atoms with E-state index in [9.17, 15) is 0 Å². The zero-order valence-electron chi connectivity index (χ0n) is 11.8. The molecule has 4 nitrogen and oxygen atoms in total. The molecule has 1 aromatic carbocycles. The first-order valence-corrected chi connectivity index (χ1v) is 6.24. The summed E-state index contributed by atoms with van der Waals surface area (Å²) < 4.78 is 5.66. The first kappa shape index (κ1) is 13.3. The van der Waals surface area contributed by atoms with Gasteiger partial charge in [-0.1, -0.05) is 32.9 Å². The van der Waals surface area contributed by atoms with Crippen LogP contribution < -0.4 is 10.5 Å². The Bertz CT molecular complexity index is 588. The van der Waals surface area contributed by atoms with Crippen molar-refractivity contribution < 1.29 is 4.74 Å². The van der Waals surface area contributed by atoms with Crippen molar-refractivity contribution >= 4 is 5.82 Å². The number of nitrogen functional groups attached to an aromatic ring is 1. The quantitative estimate of drug-likeness (QED) is 0.895. The highest BCUT2D eigenvalue weighted by Crippen LogP contribution is 2.29. The zero-order valence-corrected chi connectivity index (χ0v) is 11.8. The third kappa shape index (κ3) is 3.22. The second-order valence-electron chi connectivity index (χ2n) is 5.60. The standard InChI is InChI=1S/C15H19N3O/c1-10-9-11(15(2,3)4)5-6-12(10)19-14-17-8-7-13(16)18-14/h5-9H,1-4H3,(H2,16,17,18). The van der Waals surface area contributed by atoms with Crippen molar-refractivity contribution in [1.82, 2.24) is 9.97 Å². The van der Waals surface area contributed by atoms with Crippen LogP contribution in [0.5, 0.6) is 11.8 Å². The molecule has 0 spiro atoms. The summed E-state index contributed by atoms with van der Waals surface area (Å²) in [7, 11) is 0. The molecule has 0 fully saturated rings. The van der Waals surface area contributed by atoms with Crippen LogP contribution in [0.3, 0.4) is 0 Å². The van der Waals surface area contributed by atoms with Gasteiger partial charge in [-0.05, 0) is 35.6 Å². The zero-order chi connectivity index (χ0) is 14.0. The molecular formula is C15H19N3O. The highest BCUT2D eigenvalue weighted by molar-refractivity contribution is 5.40. The van der Waals surface area contributed by atoms with Crippen molar-refractivity contribution in [1.29, 1.82) is 0 Å². The number of nitrogens with zero attached hydrogens (tertiary/aromatic N) is 2. The molecule has 2 aromatic rings. The van der Waals surface area contributed by atoms with Crippen LogP contribution in [-0.2, 0) is 5.41 Å². The van der Waals surface area contributed by atoms with Gasteiger partial charge in [-0.25, -0.2) is 4.98 Å². The van der Waals surface area contributed by atoms with E-state index in [-0.39, 0.29) is 11.4 Å². The fourth-order valence-electron chi connectivity index (χ4n) is 1.73. The molecule has 2 N–H and O–H groups in total. The van der Waals surface area contributed by atoms with Crippen molar-refractivity contribution in [3.8, 4) is 11.8 Å². The summed E-state index contributed by atoms with van der Waals surface area (Å²) in [5.74, 6) is 1.15. The monoisotopic (exact) mass is 257 g/mol. The van der Waals surface area contributed by atoms with E-state index in [1.54, 1.807) is 12.3 Å². The molecule has 1 heterocycles. The summed E-state index contributed by atoms with van der Waals surface area (Å²) in [6.45, 7) is 8.56. The van der Waals surface area contributed by atoms with Crippen LogP contribution in [0.4, 0.5) is 5.82 Å². The van der Waals surface area contributed by atoms with Crippen molar-refractivity contribution in [2.75, 3.05) is 5.73 Å². The number of aromatic nitrogens is 2. The number of aryl methyl sites for hydroxylation is 1. The van der Waals surface area contributed by atoms with E-state index in [1.807, 2.05) is 13.0 Å². The van der Waals surface area contributed by atoms with E-state index < -0.39 is 0 Å². The lowest BCUT2D eigenvalue weighted by Crippen LogP contribution is -2.11. The number of hydrogen-bond donors (Lipinski definition) is 1. The molecule has 0 amide bonds. The van der Waals surface area contributed by atoms with Gasteiger partial charge in [0.15, 0.2) is 0 Å². The SMILES string of the molecule is Cc1cc(C(C)(C)C)ccc1Oc1nccc(N)n1. The second kappa shape index (κ2) is 4.88. The fourth-order valence-corrected chi connectivity index (χ4v) is 1.73. The van der Waals surface area contributed by atoms with Gasteiger partial charge < -0.3 is 10.5 Å². The number of rotatable bonds is 2. The Morgan fingerprint density at radius 2 is 1.89 bits per heavy atom. The second-order valence-corrected chi connectivity index (χ2v) is 5.60. The van der Waals surface area contributed by atoms with E-state index in [0.29, 0.717) is 5.82 Å². The molecule has 0 aliphatic rings. The maximum absolute atomic E-state index is 5.66. The number of benzene rings is 1. The smallest absolute Gasteiger partial charge is 0.323 e. The molecule has 19 heavy (non-hydrogen) atoms. The Morgan fingerprint density at radius 3 is 2.47 bits per heavy atom. The third-order valence-corrected chi connectivity index (χ3v) is 2.90. The molecular weight excluding hydrogens is 238 g/mol. The van der Waals surface area contributed by atoms with Gasteiger partial charge in [0.2, 0.25) is 0 Å². The Hall–Kier alpha value is -2.10. The van der Waals surface area contributed by atoms with Crippen LogP contribution in [0.25, 0.3) is 0 Å². The summed E-state index contributed by atoms with van der Waals surface area (Å²) in [4.78, 5) is 8.06. The Morgan fingerprint density at radius 1 is 1.16 bits per heavy atom. The predicted octanol–water partition coefficient (Wildman–Crippen LogP) is 3.46. The Labute approximate surface area is 113 Å². The van der Waals surface area contributed by atoms with Crippen molar-refractivity contribution in [3.05, 3.63) is 41.6 Å². The molecule has 0 saturated heterocycles. The molecule has 0 unspecified atom stereocenters. The van der Waals surface area contributed by atoms with E-state index in [4.69, 9.17) is 10.5 Å². The average Bonchev–Trinajstić information content (AvgIpc) is 2.30. The molecule has 0 aliphatic carbocycles. The molecule has 2 rings (SSSR count). The highest BCUT2D eigenvalue weighted by atomic mass is 16.5.